The van der Waals surface area contributed by atoms with Crippen molar-refractivity contribution in [2.75, 3.05) is 19.1 Å². The van der Waals surface area contributed by atoms with Gasteiger partial charge in [0.2, 0.25) is 10.0 Å². The van der Waals surface area contributed by atoms with Crippen LogP contribution in [0.5, 0.6) is 0 Å². The third-order valence-corrected chi connectivity index (χ3v) is 5.60. The van der Waals surface area contributed by atoms with Crippen molar-refractivity contribution in [2.45, 2.75) is 17.9 Å². The number of rotatable bonds is 5. The number of sulfonamides is 1. The molecule has 7 heteroatoms. The minimum Gasteiger partial charge on any atom is -0.207 e. The summed E-state index contributed by atoms with van der Waals surface area (Å²) in [4.78, 5) is -0.287. The van der Waals surface area contributed by atoms with Gasteiger partial charge in [-0.3, -0.25) is 0 Å². The molecule has 1 rings (SSSR count). The Kier molecular flexibility index (Phi) is 5.35. The zero-order valence-electron chi connectivity index (χ0n) is 10.9. The normalized spacial score (nSPS) is 13.3. The van der Waals surface area contributed by atoms with Crippen LogP contribution in [0.4, 0.5) is 4.39 Å². The Hall–Kier alpha value is -1.10. The van der Waals surface area contributed by atoms with Gasteiger partial charge in [0.05, 0.1) is 0 Å². The number of hydrogen-bond acceptors (Lipinski definition) is 4. The number of nitriles is 1. The number of nitrogens with zero attached hydrogens (tertiary/aromatic N) is 2. The van der Waals surface area contributed by atoms with Crippen molar-refractivity contribution < 1.29 is 12.8 Å². The van der Waals surface area contributed by atoms with E-state index in [1.54, 1.807) is 13.0 Å². The Morgan fingerprint density at radius 1 is 1.53 bits per heavy atom. The van der Waals surface area contributed by atoms with E-state index in [4.69, 9.17) is 5.26 Å². The van der Waals surface area contributed by atoms with Gasteiger partial charge in [-0.05, 0) is 25.3 Å². The second kappa shape index (κ2) is 6.37. The maximum Gasteiger partial charge on any atom is 0.244 e. The van der Waals surface area contributed by atoms with Crippen molar-refractivity contribution in [2.24, 2.45) is 0 Å². The summed E-state index contributed by atoms with van der Waals surface area (Å²) in [6, 6.07) is 4.98. The lowest BCUT2D eigenvalue weighted by atomic mass is 10.2. The van der Waals surface area contributed by atoms with Crippen molar-refractivity contribution in [3.63, 3.8) is 0 Å². The zero-order chi connectivity index (χ0) is 14.6. The molecular formula is C12H15FN2O2S2. The summed E-state index contributed by atoms with van der Waals surface area (Å²) in [6.45, 7) is 1.76. The number of thioether (sulfide) groups is 1. The number of halogens is 1. The van der Waals surface area contributed by atoms with Gasteiger partial charge in [0, 0.05) is 18.8 Å². The van der Waals surface area contributed by atoms with Crippen LogP contribution >= 0.6 is 11.8 Å². The monoisotopic (exact) mass is 302 g/mol. The fourth-order valence-electron chi connectivity index (χ4n) is 1.57. The van der Waals surface area contributed by atoms with E-state index >= 15 is 0 Å². The Labute approximate surface area is 117 Å². The largest absolute Gasteiger partial charge is 0.244 e. The first-order valence-electron chi connectivity index (χ1n) is 5.51. The third kappa shape index (κ3) is 3.26. The molecule has 1 aromatic rings. The predicted octanol–water partition coefficient (Wildman–Crippen LogP) is 2.07. The van der Waals surface area contributed by atoms with E-state index in [1.807, 2.05) is 6.26 Å². The van der Waals surface area contributed by atoms with Crippen molar-refractivity contribution in [3.05, 3.63) is 29.6 Å². The molecule has 4 nitrogen and oxygen atoms in total. The summed E-state index contributed by atoms with van der Waals surface area (Å²) in [5.41, 5.74) is -0.439. The SMILES string of the molecule is CSC[C@@H](C)N(C)S(=O)(=O)c1cccc(F)c1C#N. The van der Waals surface area contributed by atoms with Gasteiger partial charge in [-0.15, -0.1) is 0 Å². The number of hydrogen-bond donors (Lipinski definition) is 0. The molecule has 0 spiro atoms. The molecule has 0 fully saturated rings. The molecule has 0 N–H and O–H groups in total. The smallest absolute Gasteiger partial charge is 0.207 e. The van der Waals surface area contributed by atoms with Crippen molar-refractivity contribution in [1.82, 2.24) is 4.31 Å². The highest BCUT2D eigenvalue weighted by atomic mass is 32.2. The summed E-state index contributed by atoms with van der Waals surface area (Å²) < 4.78 is 39.4. The van der Waals surface area contributed by atoms with Crippen molar-refractivity contribution in [3.8, 4) is 6.07 Å². The Morgan fingerprint density at radius 2 is 2.16 bits per heavy atom. The molecule has 0 radical (unpaired) electrons. The van der Waals surface area contributed by atoms with Gasteiger partial charge >= 0.3 is 0 Å². The predicted molar refractivity (Wildman–Crippen MR) is 73.9 cm³/mol. The van der Waals surface area contributed by atoms with E-state index in [2.05, 4.69) is 0 Å². The lowest BCUT2D eigenvalue weighted by molar-refractivity contribution is 0.414. The van der Waals surface area contributed by atoms with Gasteiger partial charge in [0.25, 0.3) is 0 Å². The number of benzene rings is 1. The van der Waals surface area contributed by atoms with Gasteiger partial charge < -0.3 is 0 Å². The Balaban J connectivity index is 3.29. The molecule has 0 aliphatic rings. The molecular weight excluding hydrogens is 287 g/mol. The van der Waals surface area contributed by atoms with E-state index in [1.165, 1.54) is 35.2 Å². The molecule has 1 aromatic carbocycles. The summed E-state index contributed by atoms with van der Waals surface area (Å²) in [6.07, 6.45) is 1.87. The molecule has 0 saturated heterocycles. The van der Waals surface area contributed by atoms with Crippen molar-refractivity contribution in [1.29, 1.82) is 5.26 Å². The highest BCUT2D eigenvalue weighted by Gasteiger charge is 2.28. The van der Waals surface area contributed by atoms with Gasteiger partial charge in [-0.25, -0.2) is 12.8 Å². The first-order chi connectivity index (χ1) is 8.86. The van der Waals surface area contributed by atoms with Crippen LogP contribution in [0.25, 0.3) is 0 Å². The molecule has 0 aliphatic carbocycles. The third-order valence-electron chi connectivity index (χ3n) is 2.77. The quantitative estimate of drug-likeness (QED) is 0.835. The van der Waals surface area contributed by atoms with E-state index in [-0.39, 0.29) is 10.9 Å². The van der Waals surface area contributed by atoms with Crippen LogP contribution in [-0.4, -0.2) is 37.8 Å². The molecule has 19 heavy (non-hydrogen) atoms. The van der Waals surface area contributed by atoms with Gasteiger partial charge in [-0.2, -0.15) is 21.3 Å². The minimum absolute atomic E-state index is 0.241. The summed E-state index contributed by atoms with van der Waals surface area (Å²) in [7, 11) is -2.44. The van der Waals surface area contributed by atoms with Crippen LogP contribution in [0.15, 0.2) is 23.1 Å². The lowest BCUT2D eigenvalue weighted by Gasteiger charge is -2.24. The molecule has 0 amide bonds. The second-order valence-corrected chi connectivity index (χ2v) is 6.93. The van der Waals surface area contributed by atoms with E-state index in [0.29, 0.717) is 5.75 Å². The standard InChI is InChI=1S/C12H15FN2O2S2/c1-9(8-18-3)15(2)19(16,17)12-6-4-5-11(13)10(12)7-14/h4-6,9H,8H2,1-3H3/t9-/m1/s1. The zero-order valence-corrected chi connectivity index (χ0v) is 12.6. The fraction of sp³-hybridized carbons (Fsp3) is 0.417. The minimum atomic E-state index is -3.87. The first kappa shape index (κ1) is 16.0. The van der Waals surface area contributed by atoms with Crippen LogP contribution in [-0.2, 0) is 10.0 Å². The average Bonchev–Trinajstić information content (AvgIpc) is 2.37. The van der Waals surface area contributed by atoms with Gasteiger partial charge in [-0.1, -0.05) is 6.07 Å². The molecule has 0 saturated carbocycles. The van der Waals surface area contributed by atoms with Crippen LogP contribution in [0.2, 0.25) is 0 Å². The summed E-state index contributed by atoms with van der Waals surface area (Å²) in [5, 5.41) is 8.91. The summed E-state index contributed by atoms with van der Waals surface area (Å²) in [5.74, 6) is -0.207. The molecule has 0 aromatic heterocycles. The average molecular weight is 302 g/mol. The van der Waals surface area contributed by atoms with Gasteiger partial charge in [0.15, 0.2) is 0 Å². The molecule has 0 heterocycles. The van der Waals surface area contributed by atoms with Crippen LogP contribution in [0.3, 0.4) is 0 Å². The molecule has 0 bridgehead atoms. The topological polar surface area (TPSA) is 61.2 Å². The van der Waals surface area contributed by atoms with E-state index in [9.17, 15) is 12.8 Å². The molecule has 1 atom stereocenters. The molecule has 104 valence electrons. The highest BCUT2D eigenvalue weighted by Crippen LogP contribution is 2.23. The maximum absolute atomic E-state index is 13.5. The first-order valence-corrected chi connectivity index (χ1v) is 8.35. The van der Waals surface area contributed by atoms with E-state index in [0.717, 1.165) is 6.07 Å². The van der Waals surface area contributed by atoms with Crippen LogP contribution < -0.4 is 0 Å². The Bertz CT molecular complexity index is 596. The van der Waals surface area contributed by atoms with Crippen molar-refractivity contribution >= 4 is 21.8 Å². The summed E-state index contributed by atoms with van der Waals surface area (Å²) >= 11 is 1.52. The van der Waals surface area contributed by atoms with E-state index < -0.39 is 21.4 Å². The highest BCUT2D eigenvalue weighted by molar-refractivity contribution is 7.98. The van der Waals surface area contributed by atoms with Crippen LogP contribution in [0, 0.1) is 17.1 Å². The van der Waals surface area contributed by atoms with Crippen LogP contribution in [0.1, 0.15) is 12.5 Å². The molecule has 0 unspecified atom stereocenters. The maximum atomic E-state index is 13.5. The fourth-order valence-corrected chi connectivity index (χ4v) is 3.88. The lowest BCUT2D eigenvalue weighted by Crippen LogP contribution is -2.37. The van der Waals surface area contributed by atoms with Gasteiger partial charge in [0.1, 0.15) is 22.3 Å². The Morgan fingerprint density at radius 3 is 2.68 bits per heavy atom. The molecule has 0 aliphatic heterocycles. The second-order valence-electron chi connectivity index (χ2n) is 4.05.